The molecule has 3 heterocycles. The molecule has 1 fully saturated rings. The van der Waals surface area contributed by atoms with Gasteiger partial charge in [0.05, 0.1) is 6.20 Å². The zero-order valence-electron chi connectivity index (χ0n) is 14.8. The Morgan fingerprint density at radius 3 is 3.08 bits per heavy atom. The number of rotatable bonds is 1. The van der Waals surface area contributed by atoms with E-state index in [2.05, 4.69) is 10.2 Å². The summed E-state index contributed by atoms with van der Waals surface area (Å²) in [6, 6.07) is 6.45. The molecule has 1 N–H and O–H groups in total. The second-order valence-corrected chi connectivity index (χ2v) is 7.67. The lowest BCUT2D eigenvalue weighted by atomic mass is 9.77. The number of carbonyl (C=O) groups excluding carboxylic acids is 1. The number of likely N-dealkylation sites (tertiary alicyclic amines) is 1. The molecule has 0 bridgehead atoms. The molecule has 2 aromatic heterocycles. The summed E-state index contributed by atoms with van der Waals surface area (Å²) in [4.78, 5) is 15.2. The molecule has 0 radical (unpaired) electrons. The van der Waals surface area contributed by atoms with Crippen molar-refractivity contribution in [2.24, 2.45) is 7.05 Å². The maximum Gasteiger partial charge on any atom is 0.270 e. The fraction of sp³-hybridized carbons (Fsp3) is 0.400. The Morgan fingerprint density at radius 2 is 2.19 bits per heavy atom. The van der Waals surface area contributed by atoms with Crippen molar-refractivity contribution >= 4 is 16.8 Å². The van der Waals surface area contributed by atoms with Crippen molar-refractivity contribution in [3.8, 4) is 0 Å². The number of hydrogen-bond donors (Lipinski definition) is 1. The van der Waals surface area contributed by atoms with Crippen LogP contribution >= 0.6 is 0 Å². The van der Waals surface area contributed by atoms with E-state index in [-0.39, 0.29) is 17.1 Å². The van der Waals surface area contributed by atoms with Crippen LogP contribution in [0.2, 0.25) is 0 Å². The molecular weight excluding hydrogens is 331 g/mol. The number of aromatic nitrogens is 3. The monoisotopic (exact) mass is 352 g/mol. The van der Waals surface area contributed by atoms with Gasteiger partial charge in [0.1, 0.15) is 11.5 Å². The van der Waals surface area contributed by atoms with E-state index in [1.165, 1.54) is 23.4 Å². The molecule has 1 aliphatic carbocycles. The number of aryl methyl sites for hydroxylation is 2. The van der Waals surface area contributed by atoms with Crippen molar-refractivity contribution in [1.82, 2.24) is 19.7 Å². The molecular formula is C20H21FN4O. The predicted molar refractivity (Wildman–Crippen MR) is 96.6 cm³/mol. The Kier molecular flexibility index (Phi) is 3.26. The molecule has 1 aliphatic heterocycles. The van der Waals surface area contributed by atoms with Gasteiger partial charge in [0, 0.05) is 42.1 Å². The van der Waals surface area contributed by atoms with E-state index in [9.17, 15) is 9.18 Å². The molecule has 2 aliphatic rings. The first-order chi connectivity index (χ1) is 12.6. The van der Waals surface area contributed by atoms with Crippen LogP contribution in [0.25, 0.3) is 10.9 Å². The van der Waals surface area contributed by atoms with Crippen molar-refractivity contribution in [2.45, 2.75) is 31.1 Å². The van der Waals surface area contributed by atoms with Gasteiger partial charge in [0.25, 0.3) is 5.91 Å². The standard InChI is InChI=1S/C20H21FN4O/c1-24-16-4-3-15(21)9-14(16)10-17(24)19(26)25-8-2-6-20(12-25)7-5-13-11-22-23-18(13)20/h3-4,9-11H,2,5-8,12H2,1H3,(H,22,23). The van der Waals surface area contributed by atoms with E-state index in [1.54, 1.807) is 12.1 Å². The number of H-pyrrole nitrogens is 1. The Balaban J connectivity index is 1.49. The minimum Gasteiger partial charge on any atom is -0.340 e. The average Bonchev–Trinajstić information content (AvgIpc) is 3.32. The van der Waals surface area contributed by atoms with Gasteiger partial charge in [-0.25, -0.2) is 4.39 Å². The molecule has 5 nitrogen and oxygen atoms in total. The molecule has 1 unspecified atom stereocenters. The summed E-state index contributed by atoms with van der Waals surface area (Å²) in [5.74, 6) is -0.257. The lowest BCUT2D eigenvalue weighted by Crippen LogP contribution is -2.48. The number of benzene rings is 1. The van der Waals surface area contributed by atoms with Crippen molar-refractivity contribution in [3.05, 3.63) is 53.2 Å². The van der Waals surface area contributed by atoms with Gasteiger partial charge in [-0.3, -0.25) is 9.89 Å². The molecule has 26 heavy (non-hydrogen) atoms. The van der Waals surface area contributed by atoms with E-state index in [4.69, 9.17) is 0 Å². The topological polar surface area (TPSA) is 53.9 Å². The van der Waals surface area contributed by atoms with Crippen LogP contribution in [0, 0.1) is 5.82 Å². The molecule has 134 valence electrons. The van der Waals surface area contributed by atoms with Gasteiger partial charge in [-0.15, -0.1) is 0 Å². The zero-order valence-corrected chi connectivity index (χ0v) is 14.8. The van der Waals surface area contributed by atoms with E-state index >= 15 is 0 Å². The second-order valence-electron chi connectivity index (χ2n) is 7.67. The molecule has 3 aromatic rings. The molecule has 5 rings (SSSR count). The predicted octanol–water partition coefficient (Wildman–Crippen LogP) is 3.16. The van der Waals surface area contributed by atoms with Gasteiger partial charge >= 0.3 is 0 Å². The van der Waals surface area contributed by atoms with Crippen LogP contribution in [-0.4, -0.2) is 38.7 Å². The first-order valence-corrected chi connectivity index (χ1v) is 9.14. The fourth-order valence-electron chi connectivity index (χ4n) is 4.86. The molecule has 1 aromatic carbocycles. The fourth-order valence-corrected chi connectivity index (χ4v) is 4.86. The van der Waals surface area contributed by atoms with Crippen molar-refractivity contribution in [1.29, 1.82) is 0 Å². The number of aromatic amines is 1. The Labute approximate surface area is 150 Å². The lowest BCUT2D eigenvalue weighted by Gasteiger charge is -2.40. The molecule has 6 heteroatoms. The summed E-state index contributed by atoms with van der Waals surface area (Å²) in [5, 5.41) is 8.15. The highest BCUT2D eigenvalue weighted by molar-refractivity contribution is 5.98. The summed E-state index contributed by atoms with van der Waals surface area (Å²) in [6.07, 6.45) is 6.10. The Bertz CT molecular complexity index is 1020. The lowest BCUT2D eigenvalue weighted by molar-refractivity contribution is 0.0624. The van der Waals surface area contributed by atoms with E-state index in [0.29, 0.717) is 5.69 Å². The maximum absolute atomic E-state index is 13.5. The summed E-state index contributed by atoms with van der Waals surface area (Å²) in [7, 11) is 1.87. The van der Waals surface area contributed by atoms with Crippen LogP contribution in [-0.2, 0) is 18.9 Å². The largest absolute Gasteiger partial charge is 0.340 e. The maximum atomic E-state index is 13.5. The highest BCUT2D eigenvalue weighted by atomic mass is 19.1. The molecule has 0 saturated carbocycles. The summed E-state index contributed by atoms with van der Waals surface area (Å²) in [5.41, 5.74) is 4.01. The Morgan fingerprint density at radius 1 is 1.31 bits per heavy atom. The van der Waals surface area contributed by atoms with Gasteiger partial charge in [-0.05, 0) is 55.5 Å². The summed E-state index contributed by atoms with van der Waals surface area (Å²) >= 11 is 0. The van der Waals surface area contributed by atoms with Crippen molar-refractivity contribution in [2.75, 3.05) is 13.1 Å². The third kappa shape index (κ3) is 2.14. The van der Waals surface area contributed by atoms with E-state index in [1.807, 2.05) is 22.7 Å². The molecule has 1 atom stereocenters. The van der Waals surface area contributed by atoms with Gasteiger partial charge in [0.2, 0.25) is 0 Å². The second kappa shape index (κ2) is 5.43. The van der Waals surface area contributed by atoms with Crippen LogP contribution < -0.4 is 0 Å². The van der Waals surface area contributed by atoms with Crippen molar-refractivity contribution in [3.63, 3.8) is 0 Å². The van der Waals surface area contributed by atoms with E-state index < -0.39 is 0 Å². The highest BCUT2D eigenvalue weighted by Gasteiger charge is 2.44. The van der Waals surface area contributed by atoms with Gasteiger partial charge in [0.15, 0.2) is 0 Å². The van der Waals surface area contributed by atoms with Crippen molar-refractivity contribution < 1.29 is 9.18 Å². The third-order valence-corrected chi connectivity index (χ3v) is 6.21. The first kappa shape index (κ1) is 15.6. The number of piperidine rings is 1. The summed E-state index contributed by atoms with van der Waals surface area (Å²) in [6.45, 7) is 1.48. The number of nitrogens with zero attached hydrogens (tertiary/aromatic N) is 3. The molecule has 1 amide bonds. The normalized spacial score (nSPS) is 22.3. The quantitative estimate of drug-likeness (QED) is 0.731. The van der Waals surface area contributed by atoms with Crippen LogP contribution in [0.1, 0.15) is 41.0 Å². The minimum atomic E-state index is -0.281. The number of hydrogen-bond acceptors (Lipinski definition) is 2. The number of amides is 1. The number of halogens is 1. The number of nitrogens with one attached hydrogen (secondary N) is 1. The minimum absolute atomic E-state index is 0.0104. The van der Waals surface area contributed by atoms with Crippen LogP contribution in [0.3, 0.4) is 0 Å². The number of carbonyl (C=O) groups is 1. The molecule has 1 saturated heterocycles. The number of fused-ring (bicyclic) bond motifs is 3. The summed E-state index contributed by atoms with van der Waals surface area (Å²) < 4.78 is 15.4. The Hall–Kier alpha value is -2.63. The van der Waals surface area contributed by atoms with Gasteiger partial charge < -0.3 is 9.47 Å². The SMILES string of the molecule is Cn1c(C(=O)N2CCCC3(CCc4cn[nH]c43)C2)cc2cc(F)ccc21. The van der Waals surface area contributed by atoms with Crippen LogP contribution in [0.15, 0.2) is 30.5 Å². The van der Waals surface area contributed by atoms with Crippen LogP contribution in [0.4, 0.5) is 4.39 Å². The zero-order chi connectivity index (χ0) is 17.9. The average molecular weight is 352 g/mol. The van der Waals surface area contributed by atoms with E-state index in [0.717, 1.165) is 49.7 Å². The van der Waals surface area contributed by atoms with Gasteiger partial charge in [-0.1, -0.05) is 0 Å². The third-order valence-electron chi connectivity index (χ3n) is 6.21. The highest BCUT2D eigenvalue weighted by Crippen LogP contribution is 2.44. The van der Waals surface area contributed by atoms with Crippen LogP contribution in [0.5, 0.6) is 0 Å². The van der Waals surface area contributed by atoms with Gasteiger partial charge in [-0.2, -0.15) is 5.10 Å². The molecule has 1 spiro atoms. The first-order valence-electron chi connectivity index (χ1n) is 9.14. The smallest absolute Gasteiger partial charge is 0.270 e.